The zero-order chi connectivity index (χ0) is 9.84. The van der Waals surface area contributed by atoms with E-state index in [0.29, 0.717) is 0 Å². The van der Waals surface area contributed by atoms with Crippen molar-refractivity contribution in [2.24, 2.45) is 0 Å². The van der Waals surface area contributed by atoms with Crippen LogP contribution in [0, 0.1) is 6.92 Å². The van der Waals surface area contributed by atoms with Crippen LogP contribution >= 0.6 is 0 Å². The van der Waals surface area contributed by atoms with Gasteiger partial charge in [0.2, 0.25) is 0 Å². The molecule has 1 rings (SSSR count). The van der Waals surface area contributed by atoms with Crippen molar-refractivity contribution in [1.29, 1.82) is 0 Å². The highest BCUT2D eigenvalue weighted by Gasteiger charge is 2.06. The molecule has 5 nitrogen and oxygen atoms in total. The lowest BCUT2D eigenvalue weighted by Gasteiger charge is -2.10. The Hall–Kier alpha value is -1.52. The predicted octanol–water partition coefficient (Wildman–Crippen LogP) is 0.910. The van der Waals surface area contributed by atoms with Gasteiger partial charge < -0.3 is 16.0 Å². The third kappa shape index (κ3) is 1.80. The van der Waals surface area contributed by atoms with Gasteiger partial charge in [-0.15, -0.1) is 0 Å². The SMILES string of the molecule is CNc1nc(NC)c(NC)nc1C. The van der Waals surface area contributed by atoms with Crippen LogP contribution in [0.4, 0.5) is 17.5 Å². The first kappa shape index (κ1) is 9.57. The first-order valence-electron chi connectivity index (χ1n) is 4.14. The summed E-state index contributed by atoms with van der Waals surface area (Å²) < 4.78 is 0. The molecule has 0 aliphatic carbocycles. The fourth-order valence-electron chi connectivity index (χ4n) is 1.10. The molecule has 0 bridgehead atoms. The molecule has 0 aliphatic heterocycles. The second-order valence-corrected chi connectivity index (χ2v) is 2.60. The maximum absolute atomic E-state index is 4.33. The molecule has 0 aromatic carbocycles. The number of nitrogens with one attached hydrogen (secondary N) is 3. The lowest BCUT2D eigenvalue weighted by atomic mass is 10.4. The normalized spacial score (nSPS) is 9.54. The summed E-state index contributed by atoms with van der Waals surface area (Å²) >= 11 is 0. The molecule has 0 aliphatic rings. The van der Waals surface area contributed by atoms with Gasteiger partial charge in [-0.2, -0.15) is 0 Å². The van der Waals surface area contributed by atoms with Crippen LogP contribution in [0.3, 0.4) is 0 Å². The number of rotatable bonds is 3. The molecule has 3 N–H and O–H groups in total. The van der Waals surface area contributed by atoms with E-state index < -0.39 is 0 Å². The highest BCUT2D eigenvalue weighted by molar-refractivity contribution is 5.62. The quantitative estimate of drug-likeness (QED) is 0.647. The van der Waals surface area contributed by atoms with Crippen LogP contribution in [0.25, 0.3) is 0 Å². The number of anilines is 3. The van der Waals surface area contributed by atoms with Crippen molar-refractivity contribution in [2.45, 2.75) is 6.92 Å². The molecule has 1 aromatic rings. The predicted molar refractivity (Wildman–Crippen MR) is 55.4 cm³/mol. The van der Waals surface area contributed by atoms with Crippen molar-refractivity contribution >= 4 is 17.5 Å². The summed E-state index contributed by atoms with van der Waals surface area (Å²) in [5, 5.41) is 8.93. The molecule has 1 aromatic heterocycles. The standard InChI is InChI=1S/C8H15N5/c1-5-6(9-2)13-8(11-4)7(10-3)12-5/h1-4H3,(H,10,12)(H2,9,11,13). The van der Waals surface area contributed by atoms with Gasteiger partial charge in [0, 0.05) is 21.1 Å². The van der Waals surface area contributed by atoms with Crippen molar-refractivity contribution in [1.82, 2.24) is 9.97 Å². The molecule has 0 radical (unpaired) electrons. The Balaban J connectivity index is 3.18. The van der Waals surface area contributed by atoms with Gasteiger partial charge in [-0.3, -0.25) is 0 Å². The van der Waals surface area contributed by atoms with E-state index in [2.05, 4.69) is 25.9 Å². The van der Waals surface area contributed by atoms with Gasteiger partial charge in [0.05, 0.1) is 5.69 Å². The minimum absolute atomic E-state index is 0.748. The summed E-state index contributed by atoms with van der Waals surface area (Å²) in [5.74, 6) is 2.31. The fraction of sp³-hybridized carbons (Fsp3) is 0.500. The summed E-state index contributed by atoms with van der Waals surface area (Å²) in [5.41, 5.74) is 0.880. The smallest absolute Gasteiger partial charge is 0.171 e. The van der Waals surface area contributed by atoms with Gasteiger partial charge >= 0.3 is 0 Å². The number of hydrogen-bond acceptors (Lipinski definition) is 5. The molecule has 0 saturated heterocycles. The number of aryl methyl sites for hydroxylation is 1. The summed E-state index contributed by atoms with van der Waals surface area (Å²) in [6, 6.07) is 0. The molecule has 0 atom stereocenters. The third-order valence-corrected chi connectivity index (χ3v) is 1.78. The Labute approximate surface area is 78.0 Å². The van der Waals surface area contributed by atoms with Crippen LogP contribution in [0.15, 0.2) is 0 Å². The van der Waals surface area contributed by atoms with Crippen molar-refractivity contribution in [3.05, 3.63) is 5.69 Å². The summed E-state index contributed by atoms with van der Waals surface area (Å²) in [6.45, 7) is 1.92. The Kier molecular flexibility index (Phi) is 2.89. The van der Waals surface area contributed by atoms with Gasteiger partial charge in [-0.25, -0.2) is 9.97 Å². The van der Waals surface area contributed by atoms with E-state index in [0.717, 1.165) is 23.1 Å². The molecule has 5 heteroatoms. The summed E-state index contributed by atoms with van der Waals surface area (Å²) in [6.07, 6.45) is 0. The molecule has 0 unspecified atom stereocenters. The highest BCUT2D eigenvalue weighted by Crippen LogP contribution is 2.19. The Morgan fingerprint density at radius 2 is 1.23 bits per heavy atom. The van der Waals surface area contributed by atoms with E-state index in [-0.39, 0.29) is 0 Å². The van der Waals surface area contributed by atoms with Crippen LogP contribution in [-0.4, -0.2) is 31.1 Å². The molecular formula is C8H15N5. The van der Waals surface area contributed by atoms with Gasteiger partial charge in [0.25, 0.3) is 0 Å². The average molecular weight is 181 g/mol. The number of hydrogen-bond donors (Lipinski definition) is 3. The molecule has 1 heterocycles. The van der Waals surface area contributed by atoms with E-state index in [1.807, 2.05) is 28.1 Å². The lowest BCUT2D eigenvalue weighted by Crippen LogP contribution is -2.06. The molecule has 0 amide bonds. The Bertz CT molecular complexity index is 297. The third-order valence-electron chi connectivity index (χ3n) is 1.78. The second-order valence-electron chi connectivity index (χ2n) is 2.60. The minimum Gasteiger partial charge on any atom is -0.372 e. The Morgan fingerprint density at radius 1 is 0.769 bits per heavy atom. The summed E-state index contributed by atoms with van der Waals surface area (Å²) in [4.78, 5) is 8.67. The maximum Gasteiger partial charge on any atom is 0.171 e. The molecule has 72 valence electrons. The van der Waals surface area contributed by atoms with Crippen molar-refractivity contribution < 1.29 is 0 Å². The van der Waals surface area contributed by atoms with Crippen LogP contribution in [0.2, 0.25) is 0 Å². The van der Waals surface area contributed by atoms with Crippen LogP contribution in [0.5, 0.6) is 0 Å². The van der Waals surface area contributed by atoms with Gasteiger partial charge in [0.15, 0.2) is 11.6 Å². The van der Waals surface area contributed by atoms with Crippen LogP contribution in [-0.2, 0) is 0 Å². The van der Waals surface area contributed by atoms with Crippen molar-refractivity contribution in [3.63, 3.8) is 0 Å². The molecular weight excluding hydrogens is 166 g/mol. The van der Waals surface area contributed by atoms with E-state index in [4.69, 9.17) is 0 Å². The molecule has 13 heavy (non-hydrogen) atoms. The highest BCUT2D eigenvalue weighted by atomic mass is 15.1. The largest absolute Gasteiger partial charge is 0.372 e. The Morgan fingerprint density at radius 3 is 1.69 bits per heavy atom. The second kappa shape index (κ2) is 3.93. The van der Waals surface area contributed by atoms with Gasteiger partial charge in [-0.05, 0) is 6.92 Å². The van der Waals surface area contributed by atoms with Gasteiger partial charge in [-0.1, -0.05) is 0 Å². The molecule has 0 saturated carbocycles. The number of nitrogens with zero attached hydrogens (tertiary/aromatic N) is 2. The maximum atomic E-state index is 4.33. The number of aromatic nitrogens is 2. The monoisotopic (exact) mass is 181 g/mol. The first-order chi connectivity index (χ1) is 6.22. The lowest BCUT2D eigenvalue weighted by molar-refractivity contribution is 1.10. The topological polar surface area (TPSA) is 61.9 Å². The molecule has 0 fully saturated rings. The minimum atomic E-state index is 0.748. The van der Waals surface area contributed by atoms with E-state index >= 15 is 0 Å². The van der Waals surface area contributed by atoms with E-state index in [1.165, 1.54) is 0 Å². The zero-order valence-corrected chi connectivity index (χ0v) is 8.39. The fourth-order valence-corrected chi connectivity index (χ4v) is 1.10. The molecule has 0 spiro atoms. The average Bonchev–Trinajstić information content (AvgIpc) is 2.17. The van der Waals surface area contributed by atoms with Crippen molar-refractivity contribution in [3.8, 4) is 0 Å². The van der Waals surface area contributed by atoms with Gasteiger partial charge in [0.1, 0.15) is 5.82 Å². The van der Waals surface area contributed by atoms with E-state index in [1.54, 1.807) is 0 Å². The zero-order valence-electron chi connectivity index (χ0n) is 8.39. The summed E-state index contributed by atoms with van der Waals surface area (Å²) in [7, 11) is 5.47. The van der Waals surface area contributed by atoms with Crippen LogP contribution < -0.4 is 16.0 Å². The van der Waals surface area contributed by atoms with Crippen LogP contribution in [0.1, 0.15) is 5.69 Å². The first-order valence-corrected chi connectivity index (χ1v) is 4.14. The van der Waals surface area contributed by atoms with E-state index in [9.17, 15) is 0 Å². The van der Waals surface area contributed by atoms with Crippen molar-refractivity contribution in [2.75, 3.05) is 37.1 Å².